The van der Waals surface area contributed by atoms with E-state index in [9.17, 15) is 8.42 Å². The monoisotopic (exact) mass is 368 g/mol. The average molecular weight is 370 g/mol. The van der Waals surface area contributed by atoms with Crippen molar-refractivity contribution >= 4 is 43.2 Å². The second kappa shape index (κ2) is 7.47. The third-order valence-electron chi connectivity index (χ3n) is 2.57. The molecule has 2 N–H and O–H groups in total. The quantitative estimate of drug-likeness (QED) is 0.725. The van der Waals surface area contributed by atoms with E-state index in [0.717, 1.165) is 17.4 Å². The zero-order chi connectivity index (χ0) is 14.5. The zero-order valence-electron chi connectivity index (χ0n) is 10.9. The van der Waals surface area contributed by atoms with E-state index in [2.05, 4.69) is 26.0 Å². The molecule has 1 rings (SSSR count). The molecule has 0 saturated heterocycles. The van der Waals surface area contributed by atoms with Crippen LogP contribution in [0.3, 0.4) is 0 Å². The Bertz CT molecular complexity index is 522. The number of hydrogen-bond acceptors (Lipinski definition) is 3. The van der Waals surface area contributed by atoms with Crippen molar-refractivity contribution in [2.75, 3.05) is 17.8 Å². The van der Waals surface area contributed by atoms with Crippen molar-refractivity contribution in [3.63, 3.8) is 0 Å². The van der Waals surface area contributed by atoms with Gasteiger partial charge in [-0.2, -0.15) is 0 Å². The molecule has 0 heterocycles. The second-order valence-corrected chi connectivity index (χ2v) is 7.71. The van der Waals surface area contributed by atoms with Gasteiger partial charge in [0.1, 0.15) is 0 Å². The van der Waals surface area contributed by atoms with Crippen LogP contribution in [0.2, 0.25) is 5.02 Å². The molecule has 0 aliphatic carbocycles. The van der Waals surface area contributed by atoms with Gasteiger partial charge in [0.15, 0.2) is 0 Å². The number of benzene rings is 1. The first-order valence-electron chi connectivity index (χ1n) is 6.04. The molecule has 19 heavy (non-hydrogen) atoms. The van der Waals surface area contributed by atoms with Gasteiger partial charge in [0.25, 0.3) is 0 Å². The lowest BCUT2D eigenvalue weighted by Crippen LogP contribution is -2.35. The molecule has 0 aliphatic rings. The van der Waals surface area contributed by atoms with Gasteiger partial charge in [-0.25, -0.2) is 8.42 Å². The maximum absolute atomic E-state index is 12.1. The smallest absolute Gasteiger partial charge is 0.236 e. The third-order valence-corrected chi connectivity index (χ3v) is 5.12. The summed E-state index contributed by atoms with van der Waals surface area (Å²) in [5.74, 6) is 0. The predicted octanol–water partition coefficient (Wildman–Crippen LogP) is 3.23. The van der Waals surface area contributed by atoms with E-state index in [1.165, 1.54) is 0 Å². The van der Waals surface area contributed by atoms with Crippen molar-refractivity contribution in [3.05, 3.63) is 27.7 Å². The summed E-state index contributed by atoms with van der Waals surface area (Å²) in [7, 11) is -3.45. The normalized spacial score (nSPS) is 13.3. The molecule has 108 valence electrons. The van der Waals surface area contributed by atoms with E-state index in [-0.39, 0.29) is 0 Å². The van der Waals surface area contributed by atoms with Gasteiger partial charge in [-0.3, -0.25) is 4.72 Å². The molecule has 7 heteroatoms. The number of nitrogens with one attached hydrogen (secondary N) is 2. The molecule has 0 spiro atoms. The van der Waals surface area contributed by atoms with Crippen molar-refractivity contribution < 1.29 is 8.42 Å². The molecule has 0 aromatic heterocycles. The minimum absolute atomic E-state index is 0.375. The van der Waals surface area contributed by atoms with Crippen molar-refractivity contribution in [2.24, 2.45) is 0 Å². The fourth-order valence-corrected chi connectivity index (χ4v) is 3.02. The molecule has 0 amide bonds. The minimum atomic E-state index is -3.45. The van der Waals surface area contributed by atoms with Gasteiger partial charge in [-0.05, 0) is 38.1 Å². The van der Waals surface area contributed by atoms with E-state index in [1.807, 2.05) is 6.92 Å². The van der Waals surface area contributed by atoms with Crippen LogP contribution in [-0.4, -0.2) is 26.8 Å². The highest BCUT2D eigenvalue weighted by molar-refractivity contribution is 9.10. The molecule has 0 fully saturated rings. The van der Waals surface area contributed by atoms with Crippen molar-refractivity contribution in [1.29, 1.82) is 0 Å². The molecule has 0 saturated carbocycles. The number of anilines is 1. The molecule has 1 aromatic carbocycles. The Kier molecular flexibility index (Phi) is 6.59. The van der Waals surface area contributed by atoms with Crippen LogP contribution < -0.4 is 10.0 Å². The molecule has 0 bridgehead atoms. The summed E-state index contributed by atoms with van der Waals surface area (Å²) < 4.78 is 27.6. The highest BCUT2D eigenvalue weighted by atomic mass is 79.9. The van der Waals surface area contributed by atoms with Gasteiger partial charge in [-0.1, -0.05) is 34.5 Å². The van der Waals surface area contributed by atoms with E-state index in [0.29, 0.717) is 17.3 Å². The molecule has 1 unspecified atom stereocenters. The molecule has 0 aliphatic heterocycles. The summed E-state index contributed by atoms with van der Waals surface area (Å²) in [5, 5.41) is 2.93. The van der Waals surface area contributed by atoms with Crippen LogP contribution in [0.1, 0.15) is 20.3 Å². The Morgan fingerprint density at radius 2 is 2.11 bits per heavy atom. The maximum atomic E-state index is 12.1. The summed E-state index contributed by atoms with van der Waals surface area (Å²) in [6.07, 6.45) is 0.970. The van der Waals surface area contributed by atoms with Gasteiger partial charge in [0.05, 0.1) is 16.0 Å². The number of sulfonamides is 1. The number of halogens is 2. The van der Waals surface area contributed by atoms with E-state index < -0.39 is 15.3 Å². The largest absolute Gasteiger partial charge is 0.315 e. The van der Waals surface area contributed by atoms with Crippen LogP contribution >= 0.6 is 27.5 Å². The first kappa shape index (κ1) is 16.8. The van der Waals surface area contributed by atoms with E-state index in [1.54, 1.807) is 25.1 Å². The van der Waals surface area contributed by atoms with Crippen LogP contribution in [-0.2, 0) is 10.0 Å². The van der Waals surface area contributed by atoms with Gasteiger partial charge in [-0.15, -0.1) is 0 Å². The third kappa shape index (κ3) is 5.30. The Morgan fingerprint density at radius 1 is 1.42 bits per heavy atom. The van der Waals surface area contributed by atoms with Crippen LogP contribution in [0.15, 0.2) is 22.7 Å². The number of hydrogen-bond donors (Lipinski definition) is 2. The predicted molar refractivity (Wildman–Crippen MR) is 84.3 cm³/mol. The first-order chi connectivity index (χ1) is 8.86. The van der Waals surface area contributed by atoms with E-state index >= 15 is 0 Å². The lowest BCUT2D eigenvalue weighted by molar-refractivity contribution is 0.576. The van der Waals surface area contributed by atoms with E-state index in [4.69, 9.17) is 11.6 Å². The minimum Gasteiger partial charge on any atom is -0.315 e. The average Bonchev–Trinajstić information content (AvgIpc) is 2.33. The second-order valence-electron chi connectivity index (χ2n) is 4.29. The van der Waals surface area contributed by atoms with Crippen molar-refractivity contribution in [2.45, 2.75) is 25.5 Å². The van der Waals surface area contributed by atoms with Gasteiger partial charge in [0, 0.05) is 11.0 Å². The molecular weight excluding hydrogens is 352 g/mol. The van der Waals surface area contributed by atoms with Gasteiger partial charge < -0.3 is 5.32 Å². The molecule has 1 atom stereocenters. The summed E-state index contributed by atoms with van der Waals surface area (Å²) >= 11 is 9.26. The van der Waals surface area contributed by atoms with Gasteiger partial charge >= 0.3 is 0 Å². The Balaban J connectivity index is 2.75. The summed E-state index contributed by atoms with van der Waals surface area (Å²) in [6.45, 7) is 4.91. The van der Waals surface area contributed by atoms with Gasteiger partial charge in [0.2, 0.25) is 10.0 Å². The lowest BCUT2D eigenvalue weighted by atomic mass is 10.3. The molecule has 1 aromatic rings. The Morgan fingerprint density at radius 3 is 2.74 bits per heavy atom. The Labute approximate surface area is 128 Å². The highest BCUT2D eigenvalue weighted by Gasteiger charge is 2.21. The zero-order valence-corrected chi connectivity index (χ0v) is 14.1. The molecule has 0 radical (unpaired) electrons. The SMILES string of the molecule is CCCNCC(C)S(=O)(=O)Nc1cc(Br)ccc1Cl. The van der Waals surface area contributed by atoms with Crippen LogP contribution in [0.5, 0.6) is 0 Å². The fourth-order valence-electron chi connectivity index (χ4n) is 1.42. The summed E-state index contributed by atoms with van der Waals surface area (Å²) in [6, 6.07) is 5.04. The molecular formula is C12H18BrClN2O2S. The topological polar surface area (TPSA) is 58.2 Å². The Hall–Kier alpha value is -0.300. The first-order valence-corrected chi connectivity index (χ1v) is 8.76. The fraction of sp³-hybridized carbons (Fsp3) is 0.500. The van der Waals surface area contributed by atoms with Crippen LogP contribution in [0.25, 0.3) is 0 Å². The van der Waals surface area contributed by atoms with Crippen LogP contribution in [0, 0.1) is 0 Å². The highest BCUT2D eigenvalue weighted by Crippen LogP contribution is 2.27. The summed E-state index contributed by atoms with van der Waals surface area (Å²) in [5.41, 5.74) is 0.387. The van der Waals surface area contributed by atoms with Crippen molar-refractivity contribution in [3.8, 4) is 0 Å². The summed E-state index contributed by atoms with van der Waals surface area (Å²) in [4.78, 5) is 0. The lowest BCUT2D eigenvalue weighted by Gasteiger charge is -2.16. The maximum Gasteiger partial charge on any atom is 0.236 e. The molecule has 4 nitrogen and oxygen atoms in total. The standard InChI is InChI=1S/C12H18BrClN2O2S/c1-3-6-15-8-9(2)19(17,18)16-12-7-10(13)4-5-11(12)14/h4-5,7,9,15-16H,3,6,8H2,1-2H3. The van der Waals surface area contributed by atoms with Crippen molar-refractivity contribution in [1.82, 2.24) is 5.32 Å². The number of rotatable bonds is 7. The van der Waals surface area contributed by atoms with Crippen LogP contribution in [0.4, 0.5) is 5.69 Å².